The fourth-order valence-electron chi connectivity index (χ4n) is 1.36. The molecule has 0 spiro atoms. The number of hydrogen-bond donors (Lipinski definition) is 1. The number of nitrogen functional groups attached to an aromatic ring is 1. The van der Waals surface area contributed by atoms with Crippen molar-refractivity contribution in [3.8, 4) is 0 Å². The standard InChI is InChI=1S/C7H10F2N4/c1-6(2-7(6,8)9)3-13-4-11-5(10)12-13/h4H,2-3H2,1H3,(H2,10,12). The summed E-state index contributed by atoms with van der Waals surface area (Å²) in [5, 5.41) is 3.75. The van der Waals surface area contributed by atoms with Gasteiger partial charge in [-0.2, -0.15) is 0 Å². The van der Waals surface area contributed by atoms with Gasteiger partial charge in [0.2, 0.25) is 5.95 Å². The van der Waals surface area contributed by atoms with E-state index in [0.29, 0.717) is 0 Å². The third-order valence-corrected chi connectivity index (χ3v) is 2.44. The Labute approximate surface area is 73.7 Å². The van der Waals surface area contributed by atoms with Crippen LogP contribution in [0.25, 0.3) is 0 Å². The minimum absolute atomic E-state index is 0.0836. The number of halogens is 2. The lowest BCUT2D eigenvalue weighted by Gasteiger charge is -2.08. The summed E-state index contributed by atoms with van der Waals surface area (Å²) in [5.74, 6) is -2.44. The number of nitrogens with zero attached hydrogens (tertiary/aromatic N) is 3. The monoisotopic (exact) mass is 188 g/mol. The largest absolute Gasteiger partial charge is 0.367 e. The van der Waals surface area contributed by atoms with Crippen LogP contribution < -0.4 is 5.73 Å². The van der Waals surface area contributed by atoms with Gasteiger partial charge in [0, 0.05) is 6.42 Å². The zero-order valence-corrected chi connectivity index (χ0v) is 7.17. The van der Waals surface area contributed by atoms with Crippen molar-refractivity contribution in [2.24, 2.45) is 5.41 Å². The molecule has 72 valence electrons. The molecule has 1 aliphatic rings. The SMILES string of the molecule is CC1(Cn2cnc(N)n2)CC1(F)F. The van der Waals surface area contributed by atoms with E-state index >= 15 is 0 Å². The first-order valence-corrected chi connectivity index (χ1v) is 3.96. The summed E-state index contributed by atoms with van der Waals surface area (Å²) in [6.07, 6.45) is 1.29. The molecule has 1 aliphatic carbocycles. The molecule has 1 unspecified atom stereocenters. The molecular formula is C7H10F2N4. The van der Waals surface area contributed by atoms with Gasteiger partial charge in [0.1, 0.15) is 6.33 Å². The second kappa shape index (κ2) is 2.18. The van der Waals surface area contributed by atoms with Gasteiger partial charge in [-0.25, -0.2) is 13.8 Å². The molecule has 13 heavy (non-hydrogen) atoms. The summed E-state index contributed by atoms with van der Waals surface area (Å²) < 4.78 is 26.9. The van der Waals surface area contributed by atoms with E-state index in [4.69, 9.17) is 5.73 Å². The van der Waals surface area contributed by atoms with Crippen LogP contribution >= 0.6 is 0 Å². The van der Waals surface area contributed by atoms with Crippen molar-refractivity contribution in [3.05, 3.63) is 6.33 Å². The molecule has 1 aromatic heterocycles. The average molecular weight is 188 g/mol. The average Bonchev–Trinajstić information content (AvgIpc) is 2.37. The highest BCUT2D eigenvalue weighted by atomic mass is 19.3. The summed E-state index contributed by atoms with van der Waals surface area (Å²) in [5.41, 5.74) is 4.29. The predicted octanol–water partition coefficient (Wildman–Crippen LogP) is 0.906. The normalized spacial score (nSPS) is 30.4. The Morgan fingerprint density at radius 3 is 2.69 bits per heavy atom. The lowest BCUT2D eigenvalue weighted by atomic mass is 10.1. The van der Waals surface area contributed by atoms with E-state index in [-0.39, 0.29) is 18.9 Å². The van der Waals surface area contributed by atoms with Gasteiger partial charge < -0.3 is 5.73 Å². The van der Waals surface area contributed by atoms with Crippen molar-refractivity contribution in [1.82, 2.24) is 14.8 Å². The molecule has 2 rings (SSSR count). The van der Waals surface area contributed by atoms with Crippen molar-refractivity contribution in [2.75, 3.05) is 5.73 Å². The topological polar surface area (TPSA) is 56.7 Å². The molecule has 1 fully saturated rings. The van der Waals surface area contributed by atoms with Crippen LogP contribution in [0.4, 0.5) is 14.7 Å². The molecule has 1 heterocycles. The minimum Gasteiger partial charge on any atom is -0.367 e. The maximum absolute atomic E-state index is 12.8. The van der Waals surface area contributed by atoms with Crippen LogP contribution in [0.3, 0.4) is 0 Å². The summed E-state index contributed by atoms with van der Waals surface area (Å²) in [6, 6.07) is 0. The van der Waals surface area contributed by atoms with Crippen LogP contribution in [0.5, 0.6) is 0 Å². The first kappa shape index (κ1) is 8.40. The maximum Gasteiger partial charge on any atom is 0.256 e. The first-order chi connectivity index (χ1) is 5.93. The van der Waals surface area contributed by atoms with Gasteiger partial charge in [-0.1, -0.05) is 6.92 Å². The number of alkyl halides is 2. The van der Waals surface area contributed by atoms with E-state index in [1.54, 1.807) is 0 Å². The van der Waals surface area contributed by atoms with Crippen molar-refractivity contribution < 1.29 is 8.78 Å². The van der Waals surface area contributed by atoms with Crippen LogP contribution in [0.15, 0.2) is 6.33 Å². The summed E-state index contributed by atoms with van der Waals surface area (Å²) in [4.78, 5) is 3.66. The molecule has 0 saturated heterocycles. The van der Waals surface area contributed by atoms with Crippen molar-refractivity contribution in [1.29, 1.82) is 0 Å². The predicted molar refractivity (Wildman–Crippen MR) is 42.1 cm³/mol. The summed E-state index contributed by atoms with van der Waals surface area (Å²) in [7, 11) is 0. The van der Waals surface area contributed by atoms with Crippen molar-refractivity contribution in [3.63, 3.8) is 0 Å². The van der Waals surface area contributed by atoms with Gasteiger partial charge >= 0.3 is 0 Å². The quantitative estimate of drug-likeness (QED) is 0.750. The van der Waals surface area contributed by atoms with Crippen LogP contribution in [0.1, 0.15) is 13.3 Å². The molecule has 1 saturated carbocycles. The van der Waals surface area contributed by atoms with Gasteiger partial charge in [-0.3, -0.25) is 4.68 Å². The highest BCUT2D eigenvalue weighted by Crippen LogP contribution is 2.60. The Balaban J connectivity index is 2.08. The van der Waals surface area contributed by atoms with E-state index in [1.165, 1.54) is 17.9 Å². The van der Waals surface area contributed by atoms with E-state index < -0.39 is 11.3 Å². The smallest absolute Gasteiger partial charge is 0.256 e. The molecule has 1 atom stereocenters. The van der Waals surface area contributed by atoms with E-state index in [2.05, 4.69) is 10.1 Å². The Morgan fingerprint density at radius 1 is 1.69 bits per heavy atom. The lowest BCUT2D eigenvalue weighted by molar-refractivity contribution is 0.0623. The van der Waals surface area contributed by atoms with E-state index in [0.717, 1.165) is 0 Å². The molecule has 1 aromatic rings. The summed E-state index contributed by atoms with van der Waals surface area (Å²) in [6.45, 7) is 1.70. The highest BCUT2D eigenvalue weighted by molar-refractivity contribution is 5.11. The van der Waals surface area contributed by atoms with E-state index in [1.807, 2.05) is 0 Å². The number of rotatable bonds is 2. The van der Waals surface area contributed by atoms with Crippen LogP contribution in [0, 0.1) is 5.41 Å². The Hall–Kier alpha value is -1.20. The Kier molecular flexibility index (Phi) is 1.41. The number of nitrogens with two attached hydrogens (primary N) is 1. The summed E-state index contributed by atoms with van der Waals surface area (Å²) >= 11 is 0. The van der Waals surface area contributed by atoms with Crippen LogP contribution in [-0.4, -0.2) is 20.7 Å². The van der Waals surface area contributed by atoms with Gasteiger partial charge in [-0.15, -0.1) is 5.10 Å². The molecule has 0 aromatic carbocycles. The van der Waals surface area contributed by atoms with Crippen LogP contribution in [-0.2, 0) is 6.54 Å². The van der Waals surface area contributed by atoms with Crippen molar-refractivity contribution >= 4 is 5.95 Å². The number of hydrogen-bond acceptors (Lipinski definition) is 3. The first-order valence-electron chi connectivity index (χ1n) is 3.96. The second-order valence-electron chi connectivity index (χ2n) is 3.74. The third kappa shape index (κ3) is 1.26. The lowest BCUT2D eigenvalue weighted by Crippen LogP contribution is -2.15. The van der Waals surface area contributed by atoms with Gasteiger partial charge in [0.25, 0.3) is 5.92 Å². The second-order valence-corrected chi connectivity index (χ2v) is 3.74. The molecule has 6 heteroatoms. The Morgan fingerprint density at radius 2 is 2.31 bits per heavy atom. The molecule has 0 bridgehead atoms. The van der Waals surface area contributed by atoms with Crippen molar-refractivity contribution in [2.45, 2.75) is 25.8 Å². The number of aromatic nitrogens is 3. The molecule has 0 aliphatic heterocycles. The fourth-order valence-corrected chi connectivity index (χ4v) is 1.36. The Bertz CT molecular complexity index is 335. The van der Waals surface area contributed by atoms with E-state index in [9.17, 15) is 8.78 Å². The molecule has 4 nitrogen and oxygen atoms in total. The highest BCUT2D eigenvalue weighted by Gasteiger charge is 2.67. The molecular weight excluding hydrogens is 178 g/mol. The zero-order valence-electron chi connectivity index (χ0n) is 7.17. The molecule has 0 amide bonds. The minimum atomic E-state index is -2.56. The zero-order chi connectivity index (χ0) is 9.69. The molecule has 0 radical (unpaired) electrons. The van der Waals surface area contributed by atoms with Crippen LogP contribution in [0.2, 0.25) is 0 Å². The third-order valence-electron chi connectivity index (χ3n) is 2.44. The van der Waals surface area contributed by atoms with Gasteiger partial charge in [0.15, 0.2) is 0 Å². The number of anilines is 1. The van der Waals surface area contributed by atoms with Gasteiger partial charge in [0.05, 0.1) is 12.0 Å². The fraction of sp³-hybridized carbons (Fsp3) is 0.714. The molecule has 2 N–H and O–H groups in total. The van der Waals surface area contributed by atoms with Gasteiger partial charge in [-0.05, 0) is 0 Å². The maximum atomic E-state index is 12.8.